The van der Waals surface area contributed by atoms with Gasteiger partial charge in [0.2, 0.25) is 5.91 Å². The summed E-state index contributed by atoms with van der Waals surface area (Å²) in [6.07, 6.45) is 3.79. The second-order valence-corrected chi connectivity index (χ2v) is 8.48. The van der Waals surface area contributed by atoms with Crippen molar-refractivity contribution in [2.45, 2.75) is 43.3 Å². The van der Waals surface area contributed by atoms with Gasteiger partial charge in [-0.2, -0.15) is 0 Å². The molecule has 1 heterocycles. The first-order chi connectivity index (χ1) is 12.9. The van der Waals surface area contributed by atoms with E-state index >= 15 is 0 Å². The quantitative estimate of drug-likeness (QED) is 0.836. The van der Waals surface area contributed by atoms with E-state index in [0.29, 0.717) is 22.9 Å². The fourth-order valence-corrected chi connectivity index (χ4v) is 4.46. The number of carbonyl (C=O) groups excluding carboxylic acids is 1. The van der Waals surface area contributed by atoms with Gasteiger partial charge in [-0.15, -0.1) is 0 Å². The molecule has 2 aliphatic rings. The molecule has 1 aliphatic heterocycles. The summed E-state index contributed by atoms with van der Waals surface area (Å²) in [5, 5.41) is 2.60. The second-order valence-electron chi connectivity index (χ2n) is 6.79. The van der Waals surface area contributed by atoms with Crippen LogP contribution >= 0.6 is 0 Å². The minimum atomic E-state index is -3.76. The molecule has 1 spiro atoms. The smallest absolute Gasteiger partial charge is 0.261 e. The number of carbonyl (C=O) groups is 1. The van der Waals surface area contributed by atoms with Crippen LogP contribution in [0.25, 0.3) is 0 Å². The maximum Gasteiger partial charge on any atom is 0.261 e. The van der Waals surface area contributed by atoms with Crippen molar-refractivity contribution in [3.63, 3.8) is 0 Å². The van der Waals surface area contributed by atoms with E-state index < -0.39 is 15.8 Å². The van der Waals surface area contributed by atoms with Gasteiger partial charge >= 0.3 is 0 Å². The molecule has 0 atom stereocenters. The lowest BCUT2D eigenvalue weighted by Crippen LogP contribution is -2.34. The molecule has 2 N–H and O–H groups in total. The van der Waals surface area contributed by atoms with Crippen LogP contribution in [0.3, 0.4) is 0 Å². The Hall–Kier alpha value is -2.74. The molecular formula is C19H20N2O5S. The first kappa shape index (κ1) is 17.7. The number of hydrogen-bond acceptors (Lipinski definition) is 5. The van der Waals surface area contributed by atoms with Crippen molar-refractivity contribution in [3.05, 3.63) is 42.5 Å². The van der Waals surface area contributed by atoms with E-state index in [1.54, 1.807) is 30.3 Å². The first-order valence-corrected chi connectivity index (χ1v) is 10.3. The lowest BCUT2D eigenvalue weighted by atomic mass is 10.2. The van der Waals surface area contributed by atoms with Gasteiger partial charge in [-0.05, 0) is 49.2 Å². The zero-order chi connectivity index (χ0) is 19.1. The fraction of sp³-hybridized carbons (Fsp3) is 0.316. The van der Waals surface area contributed by atoms with Crippen molar-refractivity contribution in [1.82, 2.24) is 0 Å². The van der Waals surface area contributed by atoms with Gasteiger partial charge in [0, 0.05) is 31.5 Å². The largest absolute Gasteiger partial charge is 0.448 e. The fourth-order valence-electron chi connectivity index (χ4n) is 3.41. The summed E-state index contributed by atoms with van der Waals surface area (Å²) in [5.41, 5.74) is 0.935. The van der Waals surface area contributed by atoms with Gasteiger partial charge in [-0.25, -0.2) is 8.42 Å². The van der Waals surface area contributed by atoms with E-state index in [1.165, 1.54) is 19.1 Å². The lowest BCUT2D eigenvalue weighted by Gasteiger charge is -2.21. The number of amides is 1. The Kier molecular flexibility index (Phi) is 4.22. The number of nitrogens with one attached hydrogen (secondary N) is 2. The van der Waals surface area contributed by atoms with Crippen LogP contribution in [0, 0.1) is 0 Å². The normalized spacial score (nSPS) is 17.1. The summed E-state index contributed by atoms with van der Waals surface area (Å²) in [6.45, 7) is 1.39. The molecule has 27 heavy (non-hydrogen) atoms. The summed E-state index contributed by atoms with van der Waals surface area (Å²) in [6, 6.07) is 11.0. The summed E-state index contributed by atoms with van der Waals surface area (Å²) < 4.78 is 39.7. The highest BCUT2D eigenvalue weighted by atomic mass is 32.2. The van der Waals surface area contributed by atoms with Gasteiger partial charge in [0.25, 0.3) is 15.8 Å². The summed E-state index contributed by atoms with van der Waals surface area (Å²) in [7, 11) is -3.76. The second kappa shape index (κ2) is 6.45. The third-order valence-corrected chi connectivity index (χ3v) is 6.04. The highest BCUT2D eigenvalue weighted by Gasteiger charge is 2.44. The average Bonchev–Trinajstić information content (AvgIpc) is 3.20. The van der Waals surface area contributed by atoms with Crippen LogP contribution in [0.15, 0.2) is 47.4 Å². The molecule has 1 aliphatic carbocycles. The summed E-state index contributed by atoms with van der Waals surface area (Å²) >= 11 is 0. The predicted octanol–water partition coefficient (Wildman–Crippen LogP) is 3.49. The molecule has 1 fully saturated rings. The Morgan fingerprint density at radius 2 is 1.59 bits per heavy atom. The Morgan fingerprint density at radius 3 is 2.26 bits per heavy atom. The number of sulfonamides is 1. The molecule has 2 aromatic rings. The number of fused-ring (bicyclic) bond motifs is 1. The lowest BCUT2D eigenvalue weighted by molar-refractivity contribution is -0.114. The molecular weight excluding hydrogens is 368 g/mol. The third kappa shape index (κ3) is 3.57. The van der Waals surface area contributed by atoms with E-state index in [0.717, 1.165) is 25.7 Å². The molecule has 0 bridgehead atoms. The number of anilines is 2. The molecule has 2 aromatic carbocycles. The minimum absolute atomic E-state index is 0.0986. The van der Waals surface area contributed by atoms with Gasteiger partial charge in [0.05, 0.1) is 10.6 Å². The Bertz CT molecular complexity index is 980. The maximum atomic E-state index is 12.6. The van der Waals surface area contributed by atoms with E-state index in [1.807, 2.05) is 0 Å². The van der Waals surface area contributed by atoms with Crippen LogP contribution in [-0.2, 0) is 14.8 Å². The van der Waals surface area contributed by atoms with Crippen molar-refractivity contribution in [1.29, 1.82) is 0 Å². The minimum Gasteiger partial charge on any atom is -0.448 e. The predicted molar refractivity (Wildman–Crippen MR) is 100 cm³/mol. The number of rotatable bonds is 4. The number of hydrogen-bond donors (Lipinski definition) is 2. The van der Waals surface area contributed by atoms with Crippen LogP contribution in [0.1, 0.15) is 32.6 Å². The number of ether oxygens (including phenoxy) is 2. The Labute approximate surface area is 157 Å². The van der Waals surface area contributed by atoms with Crippen molar-refractivity contribution in [2.75, 3.05) is 10.0 Å². The monoisotopic (exact) mass is 388 g/mol. The van der Waals surface area contributed by atoms with Crippen LogP contribution in [0.5, 0.6) is 11.5 Å². The summed E-state index contributed by atoms with van der Waals surface area (Å²) in [5.74, 6) is 0.390. The molecule has 1 amide bonds. The van der Waals surface area contributed by atoms with Crippen LogP contribution in [0.4, 0.5) is 11.4 Å². The standard InChI is InChI=1S/C19H20N2O5S/c1-13(22)20-14-4-7-16(8-5-14)27(23,24)21-15-6-9-17-18(12-15)26-19(25-17)10-2-3-11-19/h4-9,12,21H,2-3,10-11H2,1H3,(H,20,22). The molecule has 0 unspecified atom stereocenters. The SMILES string of the molecule is CC(=O)Nc1ccc(S(=O)(=O)Nc2ccc3c(c2)OC2(CCCC2)O3)cc1. The van der Waals surface area contributed by atoms with E-state index in [-0.39, 0.29) is 10.8 Å². The molecule has 8 heteroatoms. The number of benzene rings is 2. The highest BCUT2D eigenvalue weighted by Crippen LogP contribution is 2.47. The van der Waals surface area contributed by atoms with Crippen molar-refractivity contribution >= 4 is 27.3 Å². The zero-order valence-electron chi connectivity index (χ0n) is 14.8. The Morgan fingerprint density at radius 1 is 0.963 bits per heavy atom. The van der Waals surface area contributed by atoms with Crippen LogP contribution < -0.4 is 19.5 Å². The van der Waals surface area contributed by atoms with Gasteiger partial charge in [-0.1, -0.05) is 0 Å². The maximum absolute atomic E-state index is 12.6. The van der Waals surface area contributed by atoms with E-state index in [4.69, 9.17) is 9.47 Å². The molecule has 142 valence electrons. The molecule has 7 nitrogen and oxygen atoms in total. The van der Waals surface area contributed by atoms with E-state index in [9.17, 15) is 13.2 Å². The summed E-state index contributed by atoms with van der Waals surface area (Å²) in [4.78, 5) is 11.2. The molecule has 0 radical (unpaired) electrons. The highest BCUT2D eigenvalue weighted by molar-refractivity contribution is 7.92. The van der Waals surface area contributed by atoms with Gasteiger partial charge in [-0.3, -0.25) is 9.52 Å². The third-order valence-electron chi connectivity index (χ3n) is 4.64. The average molecular weight is 388 g/mol. The van der Waals surface area contributed by atoms with Crippen molar-refractivity contribution < 1.29 is 22.7 Å². The van der Waals surface area contributed by atoms with Crippen LogP contribution in [0.2, 0.25) is 0 Å². The molecule has 0 saturated heterocycles. The topological polar surface area (TPSA) is 93.7 Å². The van der Waals surface area contributed by atoms with Gasteiger partial charge in [0.15, 0.2) is 11.5 Å². The van der Waals surface area contributed by atoms with Crippen molar-refractivity contribution in [2.24, 2.45) is 0 Å². The van der Waals surface area contributed by atoms with E-state index in [2.05, 4.69) is 10.0 Å². The van der Waals surface area contributed by atoms with Crippen LogP contribution in [-0.4, -0.2) is 20.1 Å². The first-order valence-electron chi connectivity index (χ1n) is 8.78. The molecule has 4 rings (SSSR count). The molecule has 1 saturated carbocycles. The van der Waals surface area contributed by atoms with Gasteiger partial charge in [0.1, 0.15) is 0 Å². The Balaban J connectivity index is 1.51. The molecule has 0 aromatic heterocycles. The van der Waals surface area contributed by atoms with Crippen molar-refractivity contribution in [3.8, 4) is 11.5 Å². The van der Waals surface area contributed by atoms with Gasteiger partial charge < -0.3 is 14.8 Å². The zero-order valence-corrected chi connectivity index (χ0v) is 15.6.